The number of hydrogen-bond acceptors (Lipinski definition) is 5. The van der Waals surface area contributed by atoms with Crippen LogP contribution in [0.4, 0.5) is 0 Å². The fourth-order valence-corrected chi connectivity index (χ4v) is 5.91. The van der Waals surface area contributed by atoms with E-state index >= 15 is 0 Å². The Kier molecular flexibility index (Phi) is 5.69. The lowest BCUT2D eigenvalue weighted by Gasteiger charge is -2.37. The molecule has 32 heavy (non-hydrogen) atoms. The molecule has 2 aliphatic heterocycles. The van der Waals surface area contributed by atoms with Crippen molar-refractivity contribution in [2.24, 2.45) is 11.8 Å². The Hall–Kier alpha value is -2.77. The van der Waals surface area contributed by atoms with E-state index in [9.17, 15) is 14.7 Å². The Morgan fingerprint density at radius 3 is 2.84 bits per heavy atom. The summed E-state index contributed by atoms with van der Waals surface area (Å²) in [6, 6.07) is 9.32. The van der Waals surface area contributed by atoms with E-state index in [0.29, 0.717) is 13.1 Å². The van der Waals surface area contributed by atoms with Crippen LogP contribution in [0, 0.1) is 11.8 Å². The van der Waals surface area contributed by atoms with E-state index in [1.54, 1.807) is 6.20 Å². The second-order valence-corrected chi connectivity index (χ2v) is 8.96. The van der Waals surface area contributed by atoms with Crippen molar-refractivity contribution in [1.29, 1.82) is 0 Å². The molecule has 0 spiro atoms. The molecule has 7 nitrogen and oxygen atoms in total. The smallest absolute Gasteiger partial charge is 0.258 e. The SMILES string of the molecule is CCN1[C@@H]2c3ccc(C4=CCCC4)c(=O)n3C[C@H]1[C@H](CO)[C@H]2C(=O)NCc1ccccn1. The molecule has 168 valence electrons. The fourth-order valence-electron chi connectivity index (χ4n) is 5.91. The molecular formula is C25H30N4O3. The number of aromatic nitrogens is 2. The number of carbonyl (C=O) groups excluding carboxylic acids is 1. The summed E-state index contributed by atoms with van der Waals surface area (Å²) in [5, 5.41) is 13.3. The average molecular weight is 435 g/mol. The molecular weight excluding hydrogens is 404 g/mol. The monoisotopic (exact) mass is 434 g/mol. The summed E-state index contributed by atoms with van der Waals surface area (Å²) in [5.74, 6) is -0.736. The van der Waals surface area contributed by atoms with Gasteiger partial charge < -0.3 is 15.0 Å². The number of rotatable bonds is 6. The minimum Gasteiger partial charge on any atom is -0.396 e. The zero-order valence-corrected chi connectivity index (χ0v) is 18.4. The lowest BCUT2D eigenvalue weighted by Crippen LogP contribution is -2.46. The summed E-state index contributed by atoms with van der Waals surface area (Å²) in [6.07, 6.45) is 6.94. The first kappa shape index (κ1) is 21.1. The summed E-state index contributed by atoms with van der Waals surface area (Å²) in [6.45, 7) is 3.61. The van der Waals surface area contributed by atoms with Crippen LogP contribution >= 0.6 is 0 Å². The van der Waals surface area contributed by atoms with Gasteiger partial charge in [0.05, 0.1) is 24.2 Å². The summed E-state index contributed by atoms with van der Waals surface area (Å²) in [7, 11) is 0. The molecule has 2 aromatic heterocycles. The van der Waals surface area contributed by atoms with E-state index in [1.807, 2.05) is 34.9 Å². The molecule has 1 aliphatic carbocycles. The van der Waals surface area contributed by atoms with Gasteiger partial charge in [0.25, 0.3) is 5.56 Å². The summed E-state index contributed by atoms with van der Waals surface area (Å²) >= 11 is 0. The Morgan fingerprint density at radius 1 is 1.28 bits per heavy atom. The van der Waals surface area contributed by atoms with Crippen LogP contribution in [-0.2, 0) is 17.9 Å². The van der Waals surface area contributed by atoms with Crippen LogP contribution in [0.3, 0.4) is 0 Å². The maximum Gasteiger partial charge on any atom is 0.258 e. The summed E-state index contributed by atoms with van der Waals surface area (Å²) in [4.78, 5) is 33.4. The zero-order chi connectivity index (χ0) is 22.2. The van der Waals surface area contributed by atoms with Crippen molar-refractivity contribution in [3.8, 4) is 0 Å². The van der Waals surface area contributed by atoms with Gasteiger partial charge in [-0.15, -0.1) is 0 Å². The van der Waals surface area contributed by atoms with Crippen LogP contribution in [0.15, 0.2) is 47.4 Å². The number of allylic oxidation sites excluding steroid dienone is 2. The van der Waals surface area contributed by atoms with Crippen LogP contribution in [0.2, 0.25) is 0 Å². The molecule has 2 N–H and O–H groups in total. The molecule has 2 bridgehead atoms. The Bertz CT molecular complexity index is 1090. The average Bonchev–Trinajstić information content (AvgIpc) is 3.42. The van der Waals surface area contributed by atoms with Gasteiger partial charge in [0.2, 0.25) is 5.91 Å². The lowest BCUT2D eigenvalue weighted by molar-refractivity contribution is -0.127. The van der Waals surface area contributed by atoms with Gasteiger partial charge in [-0.25, -0.2) is 0 Å². The Labute approximate surface area is 187 Å². The van der Waals surface area contributed by atoms with Crippen molar-refractivity contribution in [2.45, 2.75) is 51.4 Å². The lowest BCUT2D eigenvalue weighted by atomic mass is 9.86. The minimum atomic E-state index is -0.418. The zero-order valence-electron chi connectivity index (χ0n) is 18.4. The number of aliphatic hydroxyl groups is 1. The van der Waals surface area contributed by atoms with Gasteiger partial charge in [-0.2, -0.15) is 0 Å². The Balaban J connectivity index is 1.50. The van der Waals surface area contributed by atoms with Gasteiger partial charge in [0, 0.05) is 42.6 Å². The highest BCUT2D eigenvalue weighted by molar-refractivity contribution is 5.80. The summed E-state index contributed by atoms with van der Waals surface area (Å²) < 4.78 is 1.87. The number of fused-ring (bicyclic) bond motifs is 4. The van der Waals surface area contributed by atoms with E-state index < -0.39 is 5.92 Å². The third kappa shape index (κ3) is 3.40. The van der Waals surface area contributed by atoms with Gasteiger partial charge in [0.15, 0.2) is 0 Å². The van der Waals surface area contributed by atoms with Gasteiger partial charge in [-0.05, 0) is 55.6 Å². The van der Waals surface area contributed by atoms with E-state index in [-0.39, 0.29) is 36.1 Å². The van der Waals surface area contributed by atoms with Gasteiger partial charge >= 0.3 is 0 Å². The molecule has 0 unspecified atom stereocenters. The Morgan fingerprint density at radius 2 is 2.16 bits per heavy atom. The highest BCUT2D eigenvalue weighted by atomic mass is 16.3. The van der Waals surface area contributed by atoms with Crippen LogP contribution in [0.5, 0.6) is 0 Å². The molecule has 4 heterocycles. The predicted octanol–water partition coefficient (Wildman–Crippen LogP) is 2.11. The maximum absolute atomic E-state index is 13.4. The van der Waals surface area contributed by atoms with Crippen molar-refractivity contribution >= 4 is 11.5 Å². The third-order valence-electron chi connectivity index (χ3n) is 7.40. The molecule has 5 rings (SSSR count). The summed E-state index contributed by atoms with van der Waals surface area (Å²) in [5.41, 5.74) is 3.63. The van der Waals surface area contributed by atoms with Gasteiger partial charge in [0.1, 0.15) is 0 Å². The van der Waals surface area contributed by atoms with Crippen molar-refractivity contribution < 1.29 is 9.90 Å². The highest BCUT2D eigenvalue weighted by Crippen LogP contribution is 2.48. The van der Waals surface area contributed by atoms with Gasteiger partial charge in [-0.3, -0.25) is 19.5 Å². The number of carbonyl (C=O) groups is 1. The molecule has 3 aliphatic rings. The molecule has 7 heteroatoms. The first-order valence-corrected chi connectivity index (χ1v) is 11.6. The number of aliphatic hydroxyl groups excluding tert-OH is 1. The largest absolute Gasteiger partial charge is 0.396 e. The second-order valence-electron chi connectivity index (χ2n) is 8.96. The van der Waals surface area contributed by atoms with Crippen LogP contribution in [0.25, 0.3) is 5.57 Å². The van der Waals surface area contributed by atoms with E-state index in [4.69, 9.17) is 0 Å². The number of nitrogens with zero attached hydrogens (tertiary/aromatic N) is 3. The number of likely N-dealkylation sites (N-methyl/N-ethyl adjacent to an activating group) is 1. The topological polar surface area (TPSA) is 87.5 Å². The molecule has 0 saturated carbocycles. The molecule has 4 atom stereocenters. The molecule has 1 saturated heterocycles. The normalized spacial score (nSPS) is 26.6. The molecule has 1 amide bonds. The van der Waals surface area contributed by atoms with Crippen molar-refractivity contribution in [3.05, 3.63) is 69.9 Å². The van der Waals surface area contributed by atoms with E-state index in [2.05, 4.69) is 28.2 Å². The highest BCUT2D eigenvalue weighted by Gasteiger charge is 2.55. The van der Waals surface area contributed by atoms with Crippen LogP contribution in [0.1, 0.15) is 49.2 Å². The third-order valence-corrected chi connectivity index (χ3v) is 7.40. The number of hydrogen-bond donors (Lipinski definition) is 2. The maximum atomic E-state index is 13.4. The van der Waals surface area contributed by atoms with Gasteiger partial charge in [-0.1, -0.05) is 19.1 Å². The van der Waals surface area contributed by atoms with E-state index in [1.165, 1.54) is 0 Å². The van der Waals surface area contributed by atoms with Crippen LogP contribution in [-0.4, -0.2) is 44.7 Å². The fraction of sp³-hybridized carbons (Fsp3) is 0.480. The number of nitrogens with one attached hydrogen (secondary N) is 1. The minimum absolute atomic E-state index is 0.0348. The number of pyridine rings is 2. The molecule has 2 aromatic rings. The first-order valence-electron chi connectivity index (χ1n) is 11.6. The molecule has 1 fully saturated rings. The quantitative estimate of drug-likeness (QED) is 0.727. The molecule has 0 radical (unpaired) electrons. The second kappa shape index (κ2) is 8.64. The van der Waals surface area contributed by atoms with E-state index in [0.717, 1.165) is 48.3 Å². The number of amides is 1. The molecule has 0 aromatic carbocycles. The first-order chi connectivity index (χ1) is 15.6. The van der Waals surface area contributed by atoms with Crippen molar-refractivity contribution in [2.75, 3.05) is 13.2 Å². The standard InChI is InChI=1S/C25H30N4O3/c1-2-28-21-14-29-20(11-10-18(25(29)32)16-7-3-4-8-16)23(28)22(19(21)15-30)24(31)27-13-17-9-5-6-12-26-17/h5-7,9-12,19,21-23,30H,2-4,8,13-15H2,1H3,(H,27,31)/t19-,21-,22+,23+/m0/s1. The van der Waals surface area contributed by atoms with Crippen molar-refractivity contribution in [3.63, 3.8) is 0 Å². The van der Waals surface area contributed by atoms with Crippen molar-refractivity contribution in [1.82, 2.24) is 19.8 Å². The predicted molar refractivity (Wildman–Crippen MR) is 122 cm³/mol. The van der Waals surface area contributed by atoms with Crippen LogP contribution < -0.4 is 10.9 Å².